The van der Waals surface area contributed by atoms with Gasteiger partial charge < -0.3 is 4.74 Å². The van der Waals surface area contributed by atoms with Crippen LogP contribution in [-0.4, -0.2) is 11.4 Å². The van der Waals surface area contributed by atoms with Crippen LogP contribution in [0.15, 0.2) is 24.3 Å². The van der Waals surface area contributed by atoms with E-state index in [9.17, 15) is 0 Å². The molecule has 2 heteroatoms. The van der Waals surface area contributed by atoms with Gasteiger partial charge >= 0.3 is 0 Å². The highest BCUT2D eigenvalue weighted by Crippen LogP contribution is 2.32. The van der Waals surface area contributed by atoms with E-state index in [0.717, 1.165) is 18.8 Å². The fraction of sp³-hybridized carbons (Fsp3) is 0.538. The van der Waals surface area contributed by atoms with Gasteiger partial charge in [0.1, 0.15) is 5.75 Å². The first kappa shape index (κ1) is 12.6. The number of para-hydroxylation sites is 1. The predicted molar refractivity (Wildman–Crippen MR) is 69.0 cm³/mol. The number of rotatable bonds is 5. The Hall–Kier alpha value is -0.500. The lowest BCUT2D eigenvalue weighted by Gasteiger charge is -2.20. The topological polar surface area (TPSA) is 9.23 Å². The fourth-order valence-corrected chi connectivity index (χ4v) is 1.98. The van der Waals surface area contributed by atoms with Crippen molar-refractivity contribution in [2.45, 2.75) is 37.9 Å². The van der Waals surface area contributed by atoms with Gasteiger partial charge in [0.25, 0.3) is 0 Å². The smallest absolute Gasteiger partial charge is 0.122 e. The van der Waals surface area contributed by atoms with Crippen molar-refractivity contribution in [2.75, 3.05) is 6.61 Å². The molecule has 0 fully saturated rings. The molecular formula is C13H19BrO. The van der Waals surface area contributed by atoms with Crippen molar-refractivity contribution in [3.8, 4) is 5.75 Å². The summed E-state index contributed by atoms with van der Waals surface area (Å²) >= 11 is 3.71. The first-order chi connectivity index (χ1) is 7.20. The molecule has 1 aromatic carbocycles. The van der Waals surface area contributed by atoms with Crippen LogP contribution < -0.4 is 4.74 Å². The number of halogens is 1. The largest absolute Gasteiger partial charge is 0.494 e. The summed E-state index contributed by atoms with van der Waals surface area (Å²) in [7, 11) is 0. The molecule has 0 bridgehead atoms. The lowest BCUT2D eigenvalue weighted by atomic mass is 9.95. The average Bonchev–Trinajstić information content (AvgIpc) is 2.28. The van der Waals surface area contributed by atoms with Gasteiger partial charge in [-0.2, -0.15) is 0 Å². The monoisotopic (exact) mass is 270 g/mol. The zero-order valence-corrected chi connectivity index (χ0v) is 11.3. The highest BCUT2D eigenvalue weighted by atomic mass is 79.9. The minimum absolute atomic E-state index is 0.484. The normalized spacial score (nSPS) is 14.7. The van der Waals surface area contributed by atoms with Crippen molar-refractivity contribution in [1.82, 2.24) is 0 Å². The molecule has 0 aliphatic heterocycles. The molecule has 0 aromatic heterocycles. The van der Waals surface area contributed by atoms with Gasteiger partial charge in [-0.25, -0.2) is 0 Å². The molecule has 0 aliphatic carbocycles. The van der Waals surface area contributed by atoms with Gasteiger partial charge in [-0.05, 0) is 30.9 Å². The van der Waals surface area contributed by atoms with E-state index in [1.807, 2.05) is 19.1 Å². The maximum Gasteiger partial charge on any atom is 0.122 e. The summed E-state index contributed by atoms with van der Waals surface area (Å²) in [6.07, 6.45) is 1.13. The summed E-state index contributed by atoms with van der Waals surface area (Å²) in [5.41, 5.74) is 1.29. The van der Waals surface area contributed by atoms with Crippen LogP contribution in [-0.2, 0) is 0 Å². The number of hydrogen-bond acceptors (Lipinski definition) is 1. The van der Waals surface area contributed by atoms with Gasteiger partial charge in [0.2, 0.25) is 0 Å². The van der Waals surface area contributed by atoms with Gasteiger partial charge in [-0.1, -0.05) is 48.0 Å². The first-order valence-corrected chi connectivity index (χ1v) is 6.48. The average molecular weight is 271 g/mol. The van der Waals surface area contributed by atoms with Crippen LogP contribution in [0.5, 0.6) is 5.75 Å². The lowest BCUT2D eigenvalue weighted by Crippen LogP contribution is -2.09. The van der Waals surface area contributed by atoms with Crippen LogP contribution in [0, 0.1) is 0 Å². The predicted octanol–water partition coefficient (Wildman–Crippen LogP) is 4.36. The second kappa shape index (κ2) is 6.16. The SMILES string of the molecule is CCOc1ccccc1C(C)C(Br)CC. The Balaban J connectivity index is 2.91. The molecule has 2 atom stereocenters. The third-order valence-electron chi connectivity index (χ3n) is 2.64. The Labute approximate surface area is 101 Å². The molecule has 15 heavy (non-hydrogen) atoms. The molecule has 0 aliphatic rings. The van der Waals surface area contributed by atoms with Gasteiger partial charge in [0.15, 0.2) is 0 Å². The van der Waals surface area contributed by atoms with E-state index in [1.165, 1.54) is 5.56 Å². The maximum absolute atomic E-state index is 5.63. The van der Waals surface area contributed by atoms with Gasteiger partial charge in [-0.15, -0.1) is 0 Å². The molecule has 1 nitrogen and oxygen atoms in total. The number of hydrogen-bond donors (Lipinski definition) is 0. The Morgan fingerprint density at radius 2 is 1.93 bits per heavy atom. The highest BCUT2D eigenvalue weighted by molar-refractivity contribution is 9.09. The summed E-state index contributed by atoms with van der Waals surface area (Å²) in [6.45, 7) is 7.18. The maximum atomic E-state index is 5.63. The molecule has 0 saturated carbocycles. The minimum Gasteiger partial charge on any atom is -0.494 e. The Morgan fingerprint density at radius 3 is 2.53 bits per heavy atom. The van der Waals surface area contributed by atoms with Gasteiger partial charge in [0.05, 0.1) is 6.61 Å². The summed E-state index contributed by atoms with van der Waals surface area (Å²) < 4.78 is 5.63. The zero-order valence-electron chi connectivity index (χ0n) is 9.66. The van der Waals surface area contributed by atoms with Crippen molar-refractivity contribution in [2.24, 2.45) is 0 Å². The zero-order chi connectivity index (χ0) is 11.3. The molecule has 1 rings (SSSR count). The van der Waals surface area contributed by atoms with Crippen LogP contribution >= 0.6 is 15.9 Å². The van der Waals surface area contributed by atoms with Crippen LogP contribution in [0.3, 0.4) is 0 Å². The molecule has 0 saturated heterocycles. The Morgan fingerprint density at radius 1 is 1.27 bits per heavy atom. The molecule has 2 unspecified atom stereocenters. The van der Waals surface area contributed by atoms with E-state index in [1.54, 1.807) is 0 Å². The highest BCUT2D eigenvalue weighted by Gasteiger charge is 2.17. The molecule has 84 valence electrons. The van der Waals surface area contributed by atoms with E-state index in [4.69, 9.17) is 4.74 Å². The second-order valence-electron chi connectivity index (χ2n) is 3.68. The van der Waals surface area contributed by atoms with E-state index >= 15 is 0 Å². The number of ether oxygens (including phenoxy) is 1. The van der Waals surface area contributed by atoms with Crippen molar-refractivity contribution < 1.29 is 4.74 Å². The summed E-state index contributed by atoms with van der Waals surface area (Å²) in [4.78, 5) is 0.513. The third kappa shape index (κ3) is 3.23. The molecule has 0 heterocycles. The molecule has 1 aromatic rings. The van der Waals surface area contributed by atoms with Gasteiger partial charge in [-0.3, -0.25) is 0 Å². The van der Waals surface area contributed by atoms with Crippen LogP contribution in [0.2, 0.25) is 0 Å². The molecule has 0 amide bonds. The van der Waals surface area contributed by atoms with Gasteiger partial charge in [0, 0.05) is 4.83 Å². The molecule has 0 radical (unpaired) electrons. The van der Waals surface area contributed by atoms with Crippen LogP contribution in [0.4, 0.5) is 0 Å². The quantitative estimate of drug-likeness (QED) is 0.723. The van der Waals surface area contributed by atoms with Crippen molar-refractivity contribution >= 4 is 15.9 Å². The van der Waals surface area contributed by atoms with E-state index < -0.39 is 0 Å². The van der Waals surface area contributed by atoms with Crippen molar-refractivity contribution in [1.29, 1.82) is 0 Å². The van der Waals surface area contributed by atoms with E-state index in [0.29, 0.717) is 10.7 Å². The van der Waals surface area contributed by atoms with Crippen molar-refractivity contribution in [3.05, 3.63) is 29.8 Å². The van der Waals surface area contributed by atoms with E-state index in [2.05, 4.69) is 41.9 Å². The Kier molecular flexibility index (Phi) is 5.16. The standard InChI is InChI=1S/C13H19BrO/c1-4-12(14)10(3)11-8-6-7-9-13(11)15-5-2/h6-10,12H,4-5H2,1-3H3. The molecule has 0 spiro atoms. The molecule has 0 N–H and O–H groups in total. The number of alkyl halides is 1. The van der Waals surface area contributed by atoms with Crippen LogP contribution in [0.25, 0.3) is 0 Å². The lowest BCUT2D eigenvalue weighted by molar-refractivity contribution is 0.334. The molecular weight excluding hydrogens is 252 g/mol. The van der Waals surface area contributed by atoms with E-state index in [-0.39, 0.29) is 0 Å². The first-order valence-electron chi connectivity index (χ1n) is 5.56. The minimum atomic E-state index is 0.484. The van der Waals surface area contributed by atoms with Crippen molar-refractivity contribution in [3.63, 3.8) is 0 Å². The second-order valence-corrected chi connectivity index (χ2v) is 4.86. The number of benzene rings is 1. The Bertz CT molecular complexity index is 298. The van der Waals surface area contributed by atoms with Crippen LogP contribution in [0.1, 0.15) is 38.7 Å². The summed E-state index contributed by atoms with van der Waals surface area (Å²) in [5, 5.41) is 0. The fourth-order valence-electron chi connectivity index (χ4n) is 1.69. The third-order valence-corrected chi connectivity index (χ3v) is 4.08. The summed E-state index contributed by atoms with van der Waals surface area (Å²) in [5.74, 6) is 1.50. The summed E-state index contributed by atoms with van der Waals surface area (Å²) in [6, 6.07) is 8.30.